The molecule has 0 aromatic heterocycles. The lowest BCUT2D eigenvalue weighted by Gasteiger charge is -2.31. The van der Waals surface area contributed by atoms with Crippen LogP contribution < -0.4 is 16.8 Å². The maximum absolute atomic E-state index is 5.87. The summed E-state index contributed by atoms with van der Waals surface area (Å²) in [6, 6.07) is 1.18. The van der Waals surface area contributed by atoms with Gasteiger partial charge in [-0.1, -0.05) is 6.92 Å². The quantitative estimate of drug-likeness (QED) is 0.568. The second kappa shape index (κ2) is 4.80. The highest BCUT2D eigenvalue weighted by atomic mass is 14.9. The summed E-state index contributed by atoms with van der Waals surface area (Å²) in [7, 11) is 0. The highest BCUT2D eigenvalue weighted by molar-refractivity contribution is 4.86. The van der Waals surface area contributed by atoms with Crippen molar-refractivity contribution in [2.75, 3.05) is 6.54 Å². The van der Waals surface area contributed by atoms with Crippen LogP contribution in [0.25, 0.3) is 0 Å². The van der Waals surface area contributed by atoms with E-state index in [2.05, 4.69) is 12.2 Å². The molecule has 0 aliphatic heterocycles. The summed E-state index contributed by atoms with van der Waals surface area (Å²) >= 11 is 0. The van der Waals surface area contributed by atoms with E-state index < -0.39 is 0 Å². The largest absolute Gasteiger partial charge is 0.328 e. The Labute approximate surface area is 74.9 Å². The van der Waals surface area contributed by atoms with Crippen LogP contribution in [0.5, 0.6) is 0 Å². The maximum Gasteiger partial charge on any atom is 0.00965 e. The Bertz CT molecular complexity index is 117. The molecule has 1 aliphatic carbocycles. The van der Waals surface area contributed by atoms with Crippen LogP contribution in [0.15, 0.2) is 0 Å². The van der Waals surface area contributed by atoms with Crippen molar-refractivity contribution in [1.29, 1.82) is 0 Å². The van der Waals surface area contributed by atoms with E-state index in [9.17, 15) is 0 Å². The van der Waals surface area contributed by atoms with E-state index >= 15 is 0 Å². The zero-order valence-corrected chi connectivity index (χ0v) is 7.92. The molecule has 0 heterocycles. The van der Waals surface area contributed by atoms with Gasteiger partial charge in [0.15, 0.2) is 0 Å². The molecule has 0 bridgehead atoms. The summed E-state index contributed by atoms with van der Waals surface area (Å²) in [6.07, 6.45) is 4.35. The van der Waals surface area contributed by atoms with Crippen LogP contribution in [0, 0.1) is 0 Å². The molecule has 0 spiro atoms. The fourth-order valence-electron chi connectivity index (χ4n) is 1.92. The van der Waals surface area contributed by atoms with E-state index in [1.807, 2.05) is 0 Å². The van der Waals surface area contributed by atoms with Gasteiger partial charge in [0.2, 0.25) is 0 Å². The van der Waals surface area contributed by atoms with Crippen molar-refractivity contribution < 1.29 is 0 Å². The van der Waals surface area contributed by atoms with Crippen LogP contribution in [0.2, 0.25) is 0 Å². The summed E-state index contributed by atoms with van der Waals surface area (Å²) in [6.45, 7) is 3.26. The van der Waals surface area contributed by atoms with Gasteiger partial charge < -0.3 is 16.8 Å². The van der Waals surface area contributed by atoms with Crippen molar-refractivity contribution >= 4 is 0 Å². The van der Waals surface area contributed by atoms with Crippen LogP contribution in [-0.2, 0) is 0 Å². The monoisotopic (exact) mass is 171 g/mol. The van der Waals surface area contributed by atoms with Gasteiger partial charge in [0, 0.05) is 18.1 Å². The molecule has 72 valence electrons. The van der Waals surface area contributed by atoms with Crippen LogP contribution in [0.3, 0.4) is 0 Å². The zero-order valence-electron chi connectivity index (χ0n) is 7.92. The predicted octanol–water partition coefficient (Wildman–Crippen LogP) is 0.193. The zero-order chi connectivity index (χ0) is 8.97. The molecule has 12 heavy (non-hydrogen) atoms. The van der Waals surface area contributed by atoms with Crippen molar-refractivity contribution in [2.45, 2.75) is 50.7 Å². The third-order valence-corrected chi connectivity index (χ3v) is 2.46. The average molecular weight is 171 g/mol. The standard InChI is InChI=1S/C9H21N3/c1-2-3-12-9-5-7(10)4-8(11)6-9/h7-9,12H,2-6,10-11H2,1H3/t7-,8+,9?. The smallest absolute Gasteiger partial charge is 0.00965 e. The van der Waals surface area contributed by atoms with Gasteiger partial charge >= 0.3 is 0 Å². The van der Waals surface area contributed by atoms with Gasteiger partial charge in [0.1, 0.15) is 0 Å². The van der Waals surface area contributed by atoms with Crippen molar-refractivity contribution in [3.63, 3.8) is 0 Å². The topological polar surface area (TPSA) is 64.1 Å². The number of nitrogens with two attached hydrogens (primary N) is 2. The first-order chi connectivity index (χ1) is 5.72. The van der Waals surface area contributed by atoms with Crippen LogP contribution in [0.1, 0.15) is 32.6 Å². The highest BCUT2D eigenvalue weighted by Gasteiger charge is 2.23. The van der Waals surface area contributed by atoms with E-state index in [-0.39, 0.29) is 0 Å². The first-order valence-corrected chi connectivity index (χ1v) is 4.97. The molecule has 1 unspecified atom stereocenters. The van der Waals surface area contributed by atoms with Crippen molar-refractivity contribution in [3.8, 4) is 0 Å². The highest BCUT2D eigenvalue weighted by Crippen LogP contribution is 2.16. The SMILES string of the molecule is CCCNC1C[C@@H](N)C[C@@H](N)C1. The molecule has 1 saturated carbocycles. The average Bonchev–Trinajstić information content (AvgIpc) is 1.99. The van der Waals surface area contributed by atoms with Gasteiger partial charge in [-0.3, -0.25) is 0 Å². The molecule has 1 aliphatic rings. The fourth-order valence-corrected chi connectivity index (χ4v) is 1.92. The summed E-state index contributed by atoms with van der Waals surface area (Å²) in [4.78, 5) is 0. The van der Waals surface area contributed by atoms with Crippen molar-refractivity contribution in [3.05, 3.63) is 0 Å². The van der Waals surface area contributed by atoms with Gasteiger partial charge in [0.05, 0.1) is 0 Å². The lowest BCUT2D eigenvalue weighted by Crippen LogP contribution is -2.47. The van der Waals surface area contributed by atoms with Gasteiger partial charge in [-0.2, -0.15) is 0 Å². The molecule has 3 heteroatoms. The molecule has 3 atom stereocenters. The first kappa shape index (κ1) is 9.96. The predicted molar refractivity (Wildman–Crippen MR) is 51.9 cm³/mol. The molecule has 0 amide bonds. The third-order valence-electron chi connectivity index (χ3n) is 2.46. The normalized spacial score (nSPS) is 36.8. The van der Waals surface area contributed by atoms with Gasteiger partial charge in [-0.15, -0.1) is 0 Å². The molecule has 1 rings (SSSR count). The second-order valence-corrected chi connectivity index (χ2v) is 3.88. The van der Waals surface area contributed by atoms with Gasteiger partial charge in [-0.05, 0) is 32.2 Å². The summed E-state index contributed by atoms with van der Waals surface area (Å²) in [5, 5.41) is 3.47. The lowest BCUT2D eigenvalue weighted by molar-refractivity contribution is 0.309. The maximum atomic E-state index is 5.87. The van der Waals surface area contributed by atoms with Crippen molar-refractivity contribution in [1.82, 2.24) is 5.32 Å². The Morgan fingerprint density at radius 2 is 1.75 bits per heavy atom. The van der Waals surface area contributed by atoms with E-state index in [0.29, 0.717) is 18.1 Å². The van der Waals surface area contributed by atoms with Crippen molar-refractivity contribution in [2.24, 2.45) is 11.5 Å². The Kier molecular flexibility index (Phi) is 3.98. The lowest BCUT2D eigenvalue weighted by atomic mass is 9.88. The van der Waals surface area contributed by atoms with Crippen LogP contribution >= 0.6 is 0 Å². The Morgan fingerprint density at radius 3 is 2.25 bits per heavy atom. The van der Waals surface area contributed by atoms with E-state index in [1.54, 1.807) is 0 Å². The van der Waals surface area contributed by atoms with E-state index in [1.165, 1.54) is 6.42 Å². The van der Waals surface area contributed by atoms with Crippen LogP contribution in [0.4, 0.5) is 0 Å². The van der Waals surface area contributed by atoms with E-state index in [0.717, 1.165) is 25.8 Å². The molecule has 0 aromatic carbocycles. The Hall–Kier alpha value is -0.120. The van der Waals surface area contributed by atoms with E-state index in [4.69, 9.17) is 11.5 Å². The Morgan fingerprint density at radius 1 is 1.17 bits per heavy atom. The molecule has 5 N–H and O–H groups in total. The second-order valence-electron chi connectivity index (χ2n) is 3.88. The molecule has 0 aromatic rings. The minimum Gasteiger partial charge on any atom is -0.328 e. The minimum absolute atomic E-state index is 0.308. The first-order valence-electron chi connectivity index (χ1n) is 4.97. The number of hydrogen-bond donors (Lipinski definition) is 3. The fraction of sp³-hybridized carbons (Fsp3) is 1.00. The Balaban J connectivity index is 2.24. The molecule has 3 nitrogen and oxygen atoms in total. The van der Waals surface area contributed by atoms with Gasteiger partial charge in [0.25, 0.3) is 0 Å². The molecule has 0 saturated heterocycles. The summed E-state index contributed by atoms with van der Waals surface area (Å²) in [5.74, 6) is 0. The minimum atomic E-state index is 0.308. The number of rotatable bonds is 3. The summed E-state index contributed by atoms with van der Waals surface area (Å²) in [5.41, 5.74) is 11.7. The summed E-state index contributed by atoms with van der Waals surface area (Å²) < 4.78 is 0. The molecule has 0 radical (unpaired) electrons. The number of hydrogen-bond acceptors (Lipinski definition) is 3. The van der Waals surface area contributed by atoms with Crippen LogP contribution in [-0.4, -0.2) is 24.7 Å². The third kappa shape index (κ3) is 3.09. The molecular formula is C9H21N3. The molecule has 1 fully saturated rings. The van der Waals surface area contributed by atoms with Gasteiger partial charge in [-0.25, -0.2) is 0 Å². The number of nitrogens with one attached hydrogen (secondary N) is 1. The molecular weight excluding hydrogens is 150 g/mol.